The van der Waals surface area contributed by atoms with E-state index >= 15 is 0 Å². The molecule has 0 radical (unpaired) electrons. The van der Waals surface area contributed by atoms with Gasteiger partial charge < -0.3 is 5.32 Å². The third-order valence-electron chi connectivity index (χ3n) is 2.45. The van der Waals surface area contributed by atoms with E-state index in [2.05, 4.69) is 30.9 Å². The summed E-state index contributed by atoms with van der Waals surface area (Å²) in [6, 6.07) is 0.812. The van der Waals surface area contributed by atoms with E-state index in [0.717, 1.165) is 17.8 Å². The molecule has 0 aromatic heterocycles. The van der Waals surface area contributed by atoms with Gasteiger partial charge in [-0.25, -0.2) is 0 Å². The van der Waals surface area contributed by atoms with Crippen LogP contribution in [0, 0.1) is 0 Å². The predicted octanol–water partition coefficient (Wildman–Crippen LogP) is 2.66. The average Bonchev–Trinajstić information content (AvgIpc) is 2.50. The summed E-state index contributed by atoms with van der Waals surface area (Å²) >= 11 is 2.17. The van der Waals surface area contributed by atoms with E-state index in [1.54, 1.807) is 0 Å². The van der Waals surface area contributed by atoms with Gasteiger partial charge in [0, 0.05) is 11.3 Å². The van der Waals surface area contributed by atoms with Gasteiger partial charge in [0.15, 0.2) is 0 Å². The molecule has 2 heteroatoms. The van der Waals surface area contributed by atoms with Crippen molar-refractivity contribution in [2.75, 3.05) is 12.3 Å². The molecule has 12 heavy (non-hydrogen) atoms. The third-order valence-corrected chi connectivity index (χ3v) is 4.09. The number of thioether (sulfide) groups is 1. The van der Waals surface area contributed by atoms with E-state index in [1.807, 2.05) is 0 Å². The molecule has 2 unspecified atom stereocenters. The van der Waals surface area contributed by atoms with Gasteiger partial charge in [-0.3, -0.25) is 0 Å². The second kappa shape index (κ2) is 5.87. The maximum atomic E-state index is 3.58. The van der Waals surface area contributed by atoms with Gasteiger partial charge >= 0.3 is 0 Å². The zero-order valence-electron chi connectivity index (χ0n) is 8.31. The Labute approximate surface area is 80.7 Å². The summed E-state index contributed by atoms with van der Waals surface area (Å²) < 4.78 is 0. The Kier molecular flexibility index (Phi) is 5.08. The fourth-order valence-corrected chi connectivity index (χ4v) is 3.23. The van der Waals surface area contributed by atoms with Crippen LogP contribution in [0.5, 0.6) is 0 Å². The molecular formula is C10H21NS. The van der Waals surface area contributed by atoms with E-state index in [9.17, 15) is 0 Å². The summed E-state index contributed by atoms with van der Waals surface area (Å²) in [5.41, 5.74) is 0. The van der Waals surface area contributed by atoms with Gasteiger partial charge in [0.1, 0.15) is 0 Å². The van der Waals surface area contributed by atoms with E-state index in [4.69, 9.17) is 0 Å². The molecule has 1 saturated carbocycles. The lowest BCUT2D eigenvalue weighted by Crippen LogP contribution is -2.33. The van der Waals surface area contributed by atoms with Crippen LogP contribution in [-0.4, -0.2) is 23.6 Å². The summed E-state index contributed by atoms with van der Waals surface area (Å²) in [7, 11) is 0. The van der Waals surface area contributed by atoms with E-state index in [0.29, 0.717) is 0 Å². The van der Waals surface area contributed by atoms with E-state index in [-0.39, 0.29) is 0 Å². The molecule has 1 N–H and O–H groups in total. The standard InChI is InChI=1S/C10H21NS/c1-3-8-12-10-7-5-6-9(10)11-4-2/h9-11H,3-8H2,1-2H3. The normalized spacial score (nSPS) is 29.5. The molecular weight excluding hydrogens is 166 g/mol. The van der Waals surface area contributed by atoms with Crippen LogP contribution in [0.1, 0.15) is 39.5 Å². The van der Waals surface area contributed by atoms with Crippen LogP contribution in [0.25, 0.3) is 0 Å². The van der Waals surface area contributed by atoms with Crippen molar-refractivity contribution in [1.82, 2.24) is 5.32 Å². The van der Waals surface area contributed by atoms with Gasteiger partial charge in [-0.1, -0.05) is 20.3 Å². The maximum Gasteiger partial charge on any atom is 0.0201 e. The van der Waals surface area contributed by atoms with Crippen molar-refractivity contribution in [2.24, 2.45) is 0 Å². The number of hydrogen-bond acceptors (Lipinski definition) is 2. The minimum atomic E-state index is 0.812. The number of rotatable bonds is 5. The second-order valence-electron chi connectivity index (χ2n) is 3.50. The fourth-order valence-electron chi connectivity index (χ4n) is 1.89. The first kappa shape index (κ1) is 10.4. The Morgan fingerprint density at radius 1 is 1.33 bits per heavy atom. The molecule has 1 nitrogen and oxygen atoms in total. The monoisotopic (exact) mass is 187 g/mol. The zero-order chi connectivity index (χ0) is 8.81. The maximum absolute atomic E-state index is 3.58. The molecule has 1 fully saturated rings. The smallest absolute Gasteiger partial charge is 0.0201 e. The first-order chi connectivity index (χ1) is 5.88. The van der Waals surface area contributed by atoms with Crippen molar-refractivity contribution in [2.45, 2.75) is 50.8 Å². The van der Waals surface area contributed by atoms with Gasteiger partial charge in [-0.05, 0) is 31.6 Å². The lowest BCUT2D eigenvalue weighted by Gasteiger charge is -2.19. The van der Waals surface area contributed by atoms with Crippen molar-refractivity contribution < 1.29 is 0 Å². The summed E-state index contributed by atoms with van der Waals surface area (Å²) in [6.07, 6.45) is 5.58. The van der Waals surface area contributed by atoms with Crippen molar-refractivity contribution in [3.63, 3.8) is 0 Å². The minimum Gasteiger partial charge on any atom is -0.313 e. The van der Waals surface area contributed by atoms with Crippen LogP contribution >= 0.6 is 11.8 Å². The quantitative estimate of drug-likeness (QED) is 0.710. The number of nitrogens with one attached hydrogen (secondary N) is 1. The Morgan fingerprint density at radius 3 is 2.83 bits per heavy atom. The van der Waals surface area contributed by atoms with Gasteiger partial charge in [-0.15, -0.1) is 0 Å². The topological polar surface area (TPSA) is 12.0 Å². The van der Waals surface area contributed by atoms with Crippen molar-refractivity contribution in [1.29, 1.82) is 0 Å². The van der Waals surface area contributed by atoms with Gasteiger partial charge in [0.2, 0.25) is 0 Å². The molecule has 0 aromatic rings. The Balaban J connectivity index is 2.20. The molecule has 1 aliphatic carbocycles. The number of hydrogen-bond donors (Lipinski definition) is 1. The Hall–Kier alpha value is 0.310. The third kappa shape index (κ3) is 2.98. The van der Waals surface area contributed by atoms with Crippen LogP contribution in [0.15, 0.2) is 0 Å². The Morgan fingerprint density at radius 2 is 2.17 bits per heavy atom. The first-order valence-corrected chi connectivity index (χ1v) is 6.28. The summed E-state index contributed by atoms with van der Waals surface area (Å²) in [4.78, 5) is 0. The molecule has 1 aliphatic rings. The van der Waals surface area contributed by atoms with Gasteiger partial charge in [-0.2, -0.15) is 11.8 Å². The average molecular weight is 187 g/mol. The minimum absolute atomic E-state index is 0.812. The van der Waals surface area contributed by atoms with Gasteiger partial charge in [0.25, 0.3) is 0 Å². The molecule has 0 bridgehead atoms. The molecule has 1 rings (SSSR count). The molecule has 0 saturated heterocycles. The van der Waals surface area contributed by atoms with E-state index < -0.39 is 0 Å². The molecule has 0 aliphatic heterocycles. The van der Waals surface area contributed by atoms with E-state index in [1.165, 1.54) is 31.4 Å². The molecule has 2 atom stereocenters. The highest BCUT2D eigenvalue weighted by Gasteiger charge is 2.25. The van der Waals surface area contributed by atoms with Gasteiger partial charge in [0.05, 0.1) is 0 Å². The molecule has 72 valence electrons. The van der Waals surface area contributed by atoms with Crippen molar-refractivity contribution in [3.8, 4) is 0 Å². The highest BCUT2D eigenvalue weighted by molar-refractivity contribution is 7.99. The van der Waals surface area contributed by atoms with Crippen LogP contribution in [0.3, 0.4) is 0 Å². The molecule has 0 amide bonds. The summed E-state index contributed by atoms with van der Waals surface area (Å²) in [5, 5.41) is 4.49. The van der Waals surface area contributed by atoms with Crippen LogP contribution < -0.4 is 5.32 Å². The molecule has 0 heterocycles. The molecule has 0 spiro atoms. The summed E-state index contributed by atoms with van der Waals surface area (Å²) in [6.45, 7) is 5.61. The highest BCUT2D eigenvalue weighted by atomic mass is 32.2. The lowest BCUT2D eigenvalue weighted by atomic mass is 10.2. The summed E-state index contributed by atoms with van der Waals surface area (Å²) in [5.74, 6) is 1.34. The lowest BCUT2D eigenvalue weighted by molar-refractivity contribution is 0.551. The first-order valence-electron chi connectivity index (χ1n) is 5.23. The van der Waals surface area contributed by atoms with Crippen LogP contribution in [0.2, 0.25) is 0 Å². The second-order valence-corrected chi connectivity index (χ2v) is 4.85. The fraction of sp³-hybridized carbons (Fsp3) is 1.00. The zero-order valence-corrected chi connectivity index (χ0v) is 9.12. The highest BCUT2D eigenvalue weighted by Crippen LogP contribution is 2.30. The Bertz CT molecular complexity index is 116. The molecule has 0 aromatic carbocycles. The van der Waals surface area contributed by atoms with Crippen molar-refractivity contribution >= 4 is 11.8 Å². The van der Waals surface area contributed by atoms with Crippen LogP contribution in [-0.2, 0) is 0 Å². The predicted molar refractivity (Wildman–Crippen MR) is 57.9 cm³/mol. The van der Waals surface area contributed by atoms with Crippen LogP contribution in [0.4, 0.5) is 0 Å². The van der Waals surface area contributed by atoms with Crippen molar-refractivity contribution in [3.05, 3.63) is 0 Å². The SMILES string of the molecule is CCCSC1CCCC1NCC. The largest absolute Gasteiger partial charge is 0.313 e.